The summed E-state index contributed by atoms with van der Waals surface area (Å²) in [5.74, 6) is -1.61. The highest BCUT2D eigenvalue weighted by Gasteiger charge is 2.36. The van der Waals surface area contributed by atoms with Crippen molar-refractivity contribution in [1.29, 1.82) is 0 Å². The number of esters is 1. The number of Topliss-reactive ketones (excluding diaryl/α,β-unsaturated/α-hetero) is 2. The summed E-state index contributed by atoms with van der Waals surface area (Å²) in [5.41, 5.74) is 0. The van der Waals surface area contributed by atoms with E-state index in [1.807, 2.05) is 0 Å². The van der Waals surface area contributed by atoms with Gasteiger partial charge in [-0.15, -0.1) is 0 Å². The van der Waals surface area contributed by atoms with Crippen LogP contribution in [0.25, 0.3) is 0 Å². The molecule has 1 aliphatic rings. The van der Waals surface area contributed by atoms with Gasteiger partial charge in [0.1, 0.15) is 24.1 Å². The minimum atomic E-state index is -0.792. The second-order valence-electron chi connectivity index (χ2n) is 4.40. The van der Waals surface area contributed by atoms with Crippen LogP contribution >= 0.6 is 0 Å². The van der Waals surface area contributed by atoms with E-state index in [2.05, 4.69) is 6.58 Å². The molecule has 2 atom stereocenters. The highest BCUT2D eigenvalue weighted by molar-refractivity contribution is 5.98. The Kier molecular flexibility index (Phi) is 5.07. The third-order valence-electron chi connectivity index (χ3n) is 3.03. The van der Waals surface area contributed by atoms with Crippen molar-refractivity contribution in [2.75, 3.05) is 6.61 Å². The Morgan fingerprint density at radius 3 is 2.82 bits per heavy atom. The quantitative estimate of drug-likeness (QED) is 0.415. The van der Waals surface area contributed by atoms with Crippen molar-refractivity contribution >= 4 is 17.5 Å². The minimum Gasteiger partial charge on any atom is -0.461 e. The van der Waals surface area contributed by atoms with Gasteiger partial charge in [0, 0.05) is 12.8 Å². The molecular weight excluding hydrogens is 220 g/mol. The molecule has 0 aromatic heterocycles. The largest absolute Gasteiger partial charge is 0.461 e. The summed E-state index contributed by atoms with van der Waals surface area (Å²) in [7, 11) is 0. The van der Waals surface area contributed by atoms with Crippen molar-refractivity contribution in [3.05, 3.63) is 12.7 Å². The SMILES string of the molecule is C=CCOC(=O)C(C(C)=O)C1CCCC(=O)C1. The molecule has 1 saturated carbocycles. The lowest BCUT2D eigenvalue weighted by atomic mass is 9.78. The Balaban J connectivity index is 2.70. The summed E-state index contributed by atoms with van der Waals surface area (Å²) >= 11 is 0. The van der Waals surface area contributed by atoms with Crippen molar-refractivity contribution in [3.63, 3.8) is 0 Å². The fraction of sp³-hybridized carbons (Fsp3) is 0.615. The number of carbonyl (C=O) groups excluding carboxylic acids is 3. The van der Waals surface area contributed by atoms with E-state index < -0.39 is 11.9 Å². The van der Waals surface area contributed by atoms with Crippen LogP contribution in [0.4, 0.5) is 0 Å². The Labute approximate surface area is 101 Å². The maximum atomic E-state index is 11.7. The molecule has 0 amide bonds. The van der Waals surface area contributed by atoms with E-state index in [1.165, 1.54) is 13.0 Å². The molecule has 0 aliphatic heterocycles. The summed E-state index contributed by atoms with van der Waals surface area (Å²) in [6, 6.07) is 0. The molecule has 4 heteroatoms. The van der Waals surface area contributed by atoms with E-state index in [1.54, 1.807) is 0 Å². The van der Waals surface area contributed by atoms with Crippen molar-refractivity contribution in [3.8, 4) is 0 Å². The topological polar surface area (TPSA) is 60.4 Å². The highest BCUT2D eigenvalue weighted by atomic mass is 16.5. The van der Waals surface area contributed by atoms with Crippen LogP contribution in [0.3, 0.4) is 0 Å². The number of carbonyl (C=O) groups is 3. The Bertz CT molecular complexity index is 332. The molecule has 0 bridgehead atoms. The monoisotopic (exact) mass is 238 g/mol. The normalized spacial score (nSPS) is 21.7. The smallest absolute Gasteiger partial charge is 0.317 e. The first-order chi connectivity index (χ1) is 8.06. The number of hydrogen-bond donors (Lipinski definition) is 0. The molecule has 0 spiro atoms. The molecule has 0 aromatic rings. The summed E-state index contributed by atoms with van der Waals surface area (Å²) < 4.78 is 4.91. The van der Waals surface area contributed by atoms with Gasteiger partial charge in [0.25, 0.3) is 0 Å². The lowest BCUT2D eigenvalue weighted by molar-refractivity contribution is -0.153. The second-order valence-corrected chi connectivity index (χ2v) is 4.40. The third-order valence-corrected chi connectivity index (χ3v) is 3.03. The first-order valence-corrected chi connectivity index (χ1v) is 5.86. The van der Waals surface area contributed by atoms with Gasteiger partial charge in [0.2, 0.25) is 0 Å². The van der Waals surface area contributed by atoms with Crippen molar-refractivity contribution in [2.24, 2.45) is 11.8 Å². The van der Waals surface area contributed by atoms with Crippen molar-refractivity contribution in [2.45, 2.75) is 32.6 Å². The molecule has 0 N–H and O–H groups in total. The number of rotatable bonds is 5. The van der Waals surface area contributed by atoms with E-state index in [4.69, 9.17) is 4.74 Å². The standard InChI is InChI=1S/C13H18O4/c1-3-7-17-13(16)12(9(2)14)10-5-4-6-11(15)8-10/h3,10,12H,1,4-8H2,2H3. The zero-order valence-corrected chi connectivity index (χ0v) is 10.1. The summed E-state index contributed by atoms with van der Waals surface area (Å²) in [6.45, 7) is 4.92. The highest BCUT2D eigenvalue weighted by Crippen LogP contribution is 2.29. The maximum Gasteiger partial charge on any atom is 0.317 e. The molecule has 0 aromatic carbocycles. The summed E-state index contributed by atoms with van der Waals surface area (Å²) in [4.78, 5) is 34.6. The Morgan fingerprint density at radius 1 is 1.59 bits per heavy atom. The van der Waals surface area contributed by atoms with Gasteiger partial charge in [-0.1, -0.05) is 12.7 Å². The molecule has 1 fully saturated rings. The van der Waals surface area contributed by atoms with E-state index in [9.17, 15) is 14.4 Å². The minimum absolute atomic E-state index is 0.100. The lowest BCUT2D eigenvalue weighted by Crippen LogP contribution is -2.34. The predicted molar refractivity (Wildman–Crippen MR) is 62.3 cm³/mol. The zero-order valence-electron chi connectivity index (χ0n) is 10.1. The van der Waals surface area contributed by atoms with Crippen LogP contribution in [0, 0.1) is 11.8 Å². The van der Waals surface area contributed by atoms with Gasteiger partial charge in [-0.05, 0) is 25.7 Å². The van der Waals surface area contributed by atoms with E-state index in [0.717, 1.165) is 12.8 Å². The molecule has 0 radical (unpaired) electrons. The average molecular weight is 238 g/mol. The molecule has 4 nitrogen and oxygen atoms in total. The van der Waals surface area contributed by atoms with Crippen LogP contribution in [0.1, 0.15) is 32.6 Å². The van der Waals surface area contributed by atoms with Gasteiger partial charge in [0.15, 0.2) is 0 Å². The van der Waals surface area contributed by atoms with Crippen LogP contribution in [-0.2, 0) is 19.1 Å². The summed E-state index contributed by atoms with van der Waals surface area (Å²) in [5, 5.41) is 0. The molecule has 0 saturated heterocycles. The Morgan fingerprint density at radius 2 is 2.29 bits per heavy atom. The number of ether oxygens (including phenoxy) is 1. The van der Waals surface area contributed by atoms with Gasteiger partial charge in [-0.2, -0.15) is 0 Å². The number of ketones is 2. The average Bonchev–Trinajstić information content (AvgIpc) is 2.26. The number of hydrogen-bond acceptors (Lipinski definition) is 4. The molecule has 17 heavy (non-hydrogen) atoms. The summed E-state index contributed by atoms with van der Waals surface area (Å²) in [6.07, 6.45) is 3.82. The fourth-order valence-electron chi connectivity index (χ4n) is 2.26. The Hall–Kier alpha value is -1.45. The van der Waals surface area contributed by atoms with E-state index in [0.29, 0.717) is 12.8 Å². The van der Waals surface area contributed by atoms with Crippen LogP contribution < -0.4 is 0 Å². The third kappa shape index (κ3) is 3.80. The van der Waals surface area contributed by atoms with Gasteiger partial charge >= 0.3 is 5.97 Å². The molecule has 1 rings (SSSR count). The molecule has 94 valence electrons. The van der Waals surface area contributed by atoms with E-state index in [-0.39, 0.29) is 24.1 Å². The predicted octanol–water partition coefficient (Wildman–Crippen LogP) is 1.68. The van der Waals surface area contributed by atoms with Gasteiger partial charge < -0.3 is 4.74 Å². The molecular formula is C13H18O4. The fourth-order valence-corrected chi connectivity index (χ4v) is 2.26. The van der Waals surface area contributed by atoms with Crippen LogP contribution in [0.15, 0.2) is 12.7 Å². The molecule has 0 heterocycles. The van der Waals surface area contributed by atoms with Gasteiger partial charge in [0.05, 0.1) is 0 Å². The van der Waals surface area contributed by atoms with Crippen molar-refractivity contribution < 1.29 is 19.1 Å². The van der Waals surface area contributed by atoms with Crippen LogP contribution in [0.5, 0.6) is 0 Å². The first-order valence-electron chi connectivity index (χ1n) is 5.86. The van der Waals surface area contributed by atoms with Crippen molar-refractivity contribution in [1.82, 2.24) is 0 Å². The molecule has 2 unspecified atom stereocenters. The van der Waals surface area contributed by atoms with Gasteiger partial charge in [-0.3, -0.25) is 14.4 Å². The van der Waals surface area contributed by atoms with Crippen LogP contribution in [0.2, 0.25) is 0 Å². The maximum absolute atomic E-state index is 11.7. The lowest BCUT2D eigenvalue weighted by Gasteiger charge is -2.26. The van der Waals surface area contributed by atoms with E-state index >= 15 is 0 Å². The first kappa shape index (κ1) is 13.6. The second kappa shape index (κ2) is 6.33. The molecule has 1 aliphatic carbocycles. The van der Waals surface area contributed by atoms with Gasteiger partial charge in [-0.25, -0.2) is 0 Å². The van der Waals surface area contributed by atoms with Crippen LogP contribution in [-0.4, -0.2) is 24.1 Å². The zero-order chi connectivity index (χ0) is 12.8.